The van der Waals surface area contributed by atoms with Crippen LogP contribution < -0.4 is 11.3 Å². The molecule has 0 bridgehead atoms. The molecule has 2 rings (SSSR count). The number of furan rings is 1. The minimum atomic E-state index is 0.115. The molecule has 0 radical (unpaired) electrons. The number of hydrogen-bond donors (Lipinski definition) is 2. The second-order valence-corrected chi connectivity index (χ2v) is 4.88. The van der Waals surface area contributed by atoms with Gasteiger partial charge in [-0.15, -0.1) is 0 Å². The van der Waals surface area contributed by atoms with Gasteiger partial charge in [0.1, 0.15) is 0 Å². The van der Waals surface area contributed by atoms with Gasteiger partial charge in [0.2, 0.25) is 0 Å². The van der Waals surface area contributed by atoms with Crippen LogP contribution in [0.3, 0.4) is 0 Å². The van der Waals surface area contributed by atoms with Gasteiger partial charge in [-0.25, -0.2) is 0 Å². The summed E-state index contributed by atoms with van der Waals surface area (Å²) in [5.41, 5.74) is 6.55. The van der Waals surface area contributed by atoms with Gasteiger partial charge in [-0.05, 0) is 35.1 Å². The van der Waals surface area contributed by atoms with Crippen LogP contribution in [-0.4, -0.2) is 0 Å². The first-order chi connectivity index (χ1) is 8.70. The van der Waals surface area contributed by atoms with Crippen molar-refractivity contribution in [3.05, 3.63) is 59.5 Å². The Balaban J connectivity index is 2.12. The van der Waals surface area contributed by atoms with Crippen molar-refractivity contribution in [3.63, 3.8) is 0 Å². The second-order valence-electron chi connectivity index (χ2n) is 4.88. The van der Waals surface area contributed by atoms with Gasteiger partial charge in [-0.3, -0.25) is 11.3 Å². The van der Waals surface area contributed by atoms with E-state index in [2.05, 4.69) is 43.5 Å². The molecule has 96 valence electrons. The quantitative estimate of drug-likeness (QED) is 0.627. The van der Waals surface area contributed by atoms with E-state index in [0.29, 0.717) is 5.92 Å². The highest BCUT2D eigenvalue weighted by Gasteiger charge is 2.11. The van der Waals surface area contributed by atoms with Crippen molar-refractivity contribution in [2.75, 3.05) is 0 Å². The van der Waals surface area contributed by atoms with Crippen molar-refractivity contribution in [2.45, 2.75) is 32.2 Å². The normalized spacial score (nSPS) is 12.9. The van der Waals surface area contributed by atoms with Gasteiger partial charge in [0, 0.05) is 0 Å². The van der Waals surface area contributed by atoms with E-state index in [1.165, 1.54) is 11.1 Å². The van der Waals surface area contributed by atoms with Crippen molar-refractivity contribution in [1.82, 2.24) is 5.43 Å². The molecule has 18 heavy (non-hydrogen) atoms. The number of nitrogens with one attached hydrogen (secondary N) is 1. The van der Waals surface area contributed by atoms with Gasteiger partial charge >= 0.3 is 0 Å². The molecule has 0 saturated heterocycles. The number of nitrogens with two attached hydrogens (primary N) is 1. The van der Waals surface area contributed by atoms with Crippen molar-refractivity contribution in [3.8, 4) is 0 Å². The van der Waals surface area contributed by atoms with Crippen LogP contribution in [0.1, 0.15) is 42.5 Å². The number of rotatable bonds is 5. The molecule has 0 aliphatic carbocycles. The minimum absolute atomic E-state index is 0.115. The summed E-state index contributed by atoms with van der Waals surface area (Å²) in [5, 5.41) is 0. The third kappa shape index (κ3) is 3.00. The summed E-state index contributed by atoms with van der Waals surface area (Å²) in [5.74, 6) is 6.19. The van der Waals surface area contributed by atoms with Gasteiger partial charge in [-0.2, -0.15) is 0 Å². The summed E-state index contributed by atoms with van der Waals surface area (Å²) >= 11 is 0. The fraction of sp³-hybridized carbons (Fsp3) is 0.333. The Morgan fingerprint density at radius 2 is 1.78 bits per heavy atom. The Bertz CT molecular complexity index is 460. The van der Waals surface area contributed by atoms with E-state index in [-0.39, 0.29) is 6.04 Å². The molecule has 1 unspecified atom stereocenters. The first-order valence-corrected chi connectivity index (χ1v) is 6.27. The van der Waals surface area contributed by atoms with Crippen LogP contribution in [0, 0.1) is 0 Å². The lowest BCUT2D eigenvalue weighted by molar-refractivity contribution is 0.536. The molecule has 0 aliphatic rings. The topological polar surface area (TPSA) is 51.2 Å². The fourth-order valence-electron chi connectivity index (χ4n) is 2.03. The van der Waals surface area contributed by atoms with Crippen LogP contribution in [0.15, 0.2) is 47.3 Å². The SMILES string of the molecule is CC(C)c1ccc(C(Cc2ccoc2)NN)cc1. The van der Waals surface area contributed by atoms with E-state index >= 15 is 0 Å². The first-order valence-electron chi connectivity index (χ1n) is 6.27. The van der Waals surface area contributed by atoms with Gasteiger partial charge in [0.05, 0.1) is 18.6 Å². The van der Waals surface area contributed by atoms with Gasteiger partial charge in [0.15, 0.2) is 0 Å². The zero-order valence-electron chi connectivity index (χ0n) is 10.9. The summed E-state index contributed by atoms with van der Waals surface area (Å²) in [6.07, 6.45) is 4.27. The maximum Gasteiger partial charge on any atom is 0.0935 e. The van der Waals surface area contributed by atoms with E-state index in [0.717, 1.165) is 12.0 Å². The van der Waals surface area contributed by atoms with Crippen molar-refractivity contribution >= 4 is 0 Å². The lowest BCUT2D eigenvalue weighted by Crippen LogP contribution is -2.29. The average molecular weight is 244 g/mol. The number of hydrazine groups is 1. The van der Waals surface area contributed by atoms with E-state index in [4.69, 9.17) is 10.3 Å². The lowest BCUT2D eigenvalue weighted by Gasteiger charge is -2.16. The summed E-state index contributed by atoms with van der Waals surface area (Å²) in [6.45, 7) is 4.39. The van der Waals surface area contributed by atoms with Crippen LogP contribution in [-0.2, 0) is 6.42 Å². The molecule has 2 aromatic rings. The smallest absolute Gasteiger partial charge is 0.0935 e. The largest absolute Gasteiger partial charge is 0.472 e. The van der Waals surface area contributed by atoms with E-state index < -0.39 is 0 Å². The summed E-state index contributed by atoms with van der Waals surface area (Å²) < 4.78 is 5.08. The molecule has 0 amide bonds. The molecule has 1 heterocycles. The molecule has 3 nitrogen and oxygen atoms in total. The van der Waals surface area contributed by atoms with Crippen molar-refractivity contribution in [1.29, 1.82) is 0 Å². The maximum absolute atomic E-state index is 5.64. The maximum atomic E-state index is 5.64. The van der Waals surface area contributed by atoms with E-state index in [9.17, 15) is 0 Å². The van der Waals surface area contributed by atoms with Crippen LogP contribution in [0.25, 0.3) is 0 Å². The van der Waals surface area contributed by atoms with Gasteiger partial charge in [0.25, 0.3) is 0 Å². The molecule has 1 aromatic carbocycles. The third-order valence-electron chi connectivity index (χ3n) is 3.23. The van der Waals surface area contributed by atoms with Crippen molar-refractivity contribution in [2.24, 2.45) is 5.84 Å². The first kappa shape index (κ1) is 12.9. The molecule has 0 fully saturated rings. The Kier molecular flexibility index (Phi) is 4.18. The molecular weight excluding hydrogens is 224 g/mol. The highest BCUT2D eigenvalue weighted by Crippen LogP contribution is 2.21. The van der Waals surface area contributed by atoms with Crippen LogP contribution >= 0.6 is 0 Å². The van der Waals surface area contributed by atoms with Crippen LogP contribution in [0.4, 0.5) is 0 Å². The highest BCUT2D eigenvalue weighted by atomic mass is 16.3. The van der Waals surface area contributed by atoms with Crippen molar-refractivity contribution < 1.29 is 4.42 Å². The molecule has 1 aromatic heterocycles. The third-order valence-corrected chi connectivity index (χ3v) is 3.23. The van der Waals surface area contributed by atoms with E-state index in [1.54, 1.807) is 12.5 Å². The summed E-state index contributed by atoms with van der Waals surface area (Å²) in [4.78, 5) is 0. The Hall–Kier alpha value is -1.58. The molecular formula is C15H20N2O. The number of hydrogen-bond acceptors (Lipinski definition) is 3. The van der Waals surface area contributed by atoms with Gasteiger partial charge < -0.3 is 4.42 Å². The Morgan fingerprint density at radius 1 is 1.11 bits per heavy atom. The number of benzene rings is 1. The average Bonchev–Trinajstić information content (AvgIpc) is 2.89. The summed E-state index contributed by atoms with van der Waals surface area (Å²) in [7, 11) is 0. The Morgan fingerprint density at radius 3 is 2.28 bits per heavy atom. The standard InChI is InChI=1S/C15H20N2O/c1-11(2)13-3-5-14(6-4-13)15(17-16)9-12-7-8-18-10-12/h3-8,10-11,15,17H,9,16H2,1-2H3. The molecule has 3 N–H and O–H groups in total. The predicted molar refractivity (Wildman–Crippen MR) is 73.0 cm³/mol. The van der Waals surface area contributed by atoms with Crippen LogP contribution in [0.5, 0.6) is 0 Å². The summed E-state index contributed by atoms with van der Waals surface area (Å²) in [6, 6.07) is 10.7. The Labute approximate surface area is 108 Å². The molecule has 1 atom stereocenters. The van der Waals surface area contributed by atoms with Crippen LogP contribution in [0.2, 0.25) is 0 Å². The minimum Gasteiger partial charge on any atom is -0.472 e. The van der Waals surface area contributed by atoms with Gasteiger partial charge in [-0.1, -0.05) is 38.1 Å². The lowest BCUT2D eigenvalue weighted by atomic mass is 9.97. The molecule has 0 spiro atoms. The molecule has 3 heteroatoms. The zero-order chi connectivity index (χ0) is 13.0. The molecule has 0 saturated carbocycles. The zero-order valence-corrected chi connectivity index (χ0v) is 10.9. The van der Waals surface area contributed by atoms with E-state index in [1.807, 2.05) is 6.07 Å². The fourth-order valence-corrected chi connectivity index (χ4v) is 2.03. The molecule has 0 aliphatic heterocycles. The predicted octanol–water partition coefficient (Wildman–Crippen LogP) is 3.15. The monoisotopic (exact) mass is 244 g/mol. The second kappa shape index (κ2) is 5.85. The highest BCUT2D eigenvalue weighted by molar-refractivity contribution is 5.28.